The summed E-state index contributed by atoms with van der Waals surface area (Å²) in [4.78, 5) is 20.5. The fourth-order valence-corrected chi connectivity index (χ4v) is 2.42. The summed E-state index contributed by atoms with van der Waals surface area (Å²) in [7, 11) is 1.52. The molecule has 0 fully saturated rings. The standard InChI is InChI=1S/C16H12Cl2N4O2/c1-24-12-5-3-2-4-11(12)16(23)21-10-6-7-13(19-8-10)22-9-20-14(17)15(22)18/h2-9H,1H3,(H,21,23). The number of nitrogens with one attached hydrogen (secondary N) is 1. The van der Waals surface area contributed by atoms with Crippen molar-refractivity contribution in [3.63, 3.8) is 0 Å². The molecule has 8 heteroatoms. The summed E-state index contributed by atoms with van der Waals surface area (Å²) in [5.41, 5.74) is 0.977. The van der Waals surface area contributed by atoms with E-state index in [2.05, 4.69) is 15.3 Å². The number of hydrogen-bond acceptors (Lipinski definition) is 4. The molecule has 0 unspecified atom stereocenters. The zero-order valence-electron chi connectivity index (χ0n) is 12.5. The van der Waals surface area contributed by atoms with Gasteiger partial charge in [-0.2, -0.15) is 0 Å². The minimum atomic E-state index is -0.286. The molecule has 0 radical (unpaired) electrons. The highest BCUT2D eigenvalue weighted by atomic mass is 35.5. The minimum Gasteiger partial charge on any atom is -0.496 e. The third-order valence-electron chi connectivity index (χ3n) is 3.27. The van der Waals surface area contributed by atoms with Crippen molar-refractivity contribution >= 4 is 34.8 Å². The van der Waals surface area contributed by atoms with Crippen LogP contribution >= 0.6 is 23.2 Å². The Morgan fingerprint density at radius 2 is 1.96 bits per heavy atom. The first-order valence-electron chi connectivity index (χ1n) is 6.89. The highest BCUT2D eigenvalue weighted by Gasteiger charge is 2.13. The van der Waals surface area contributed by atoms with Crippen molar-refractivity contribution in [3.8, 4) is 11.6 Å². The number of ether oxygens (including phenoxy) is 1. The van der Waals surface area contributed by atoms with Gasteiger partial charge < -0.3 is 10.1 Å². The maximum Gasteiger partial charge on any atom is 0.259 e. The summed E-state index contributed by atoms with van der Waals surface area (Å²) in [5, 5.41) is 3.24. The topological polar surface area (TPSA) is 69.0 Å². The van der Waals surface area contributed by atoms with Gasteiger partial charge in [-0.25, -0.2) is 9.97 Å². The lowest BCUT2D eigenvalue weighted by atomic mass is 10.2. The number of benzene rings is 1. The Balaban J connectivity index is 1.79. The molecule has 2 heterocycles. The van der Waals surface area contributed by atoms with Crippen molar-refractivity contribution < 1.29 is 9.53 Å². The Labute approximate surface area is 148 Å². The molecule has 3 rings (SSSR count). The van der Waals surface area contributed by atoms with E-state index in [1.54, 1.807) is 36.4 Å². The second kappa shape index (κ2) is 6.90. The maximum atomic E-state index is 12.3. The van der Waals surface area contributed by atoms with Crippen LogP contribution in [-0.2, 0) is 0 Å². The zero-order valence-corrected chi connectivity index (χ0v) is 14.0. The van der Waals surface area contributed by atoms with Gasteiger partial charge in [0.05, 0.1) is 24.6 Å². The molecule has 0 saturated carbocycles. The molecule has 0 aliphatic rings. The average molecular weight is 363 g/mol. The van der Waals surface area contributed by atoms with E-state index in [9.17, 15) is 4.79 Å². The van der Waals surface area contributed by atoms with Crippen LogP contribution in [0.1, 0.15) is 10.4 Å². The van der Waals surface area contributed by atoms with Crippen molar-refractivity contribution in [2.75, 3.05) is 12.4 Å². The summed E-state index contributed by atoms with van der Waals surface area (Å²) < 4.78 is 6.72. The summed E-state index contributed by atoms with van der Waals surface area (Å²) in [6.07, 6.45) is 2.99. The molecule has 1 amide bonds. The highest BCUT2D eigenvalue weighted by molar-refractivity contribution is 6.40. The van der Waals surface area contributed by atoms with Crippen molar-refractivity contribution in [1.82, 2.24) is 14.5 Å². The number of amides is 1. The number of methoxy groups -OCH3 is 1. The number of imidazole rings is 1. The summed E-state index contributed by atoms with van der Waals surface area (Å²) in [6.45, 7) is 0. The van der Waals surface area contributed by atoms with Crippen molar-refractivity contribution in [2.24, 2.45) is 0 Å². The first kappa shape index (κ1) is 16.3. The van der Waals surface area contributed by atoms with Crippen LogP contribution in [0.2, 0.25) is 10.3 Å². The lowest BCUT2D eigenvalue weighted by Gasteiger charge is -2.09. The van der Waals surface area contributed by atoms with Gasteiger partial charge in [-0.15, -0.1) is 0 Å². The summed E-state index contributed by atoms with van der Waals surface area (Å²) >= 11 is 11.8. The van der Waals surface area contributed by atoms with E-state index in [1.165, 1.54) is 24.2 Å². The number of para-hydroxylation sites is 1. The minimum absolute atomic E-state index is 0.201. The van der Waals surface area contributed by atoms with Crippen LogP contribution in [0.4, 0.5) is 5.69 Å². The molecule has 24 heavy (non-hydrogen) atoms. The number of carbonyl (C=O) groups is 1. The second-order valence-electron chi connectivity index (χ2n) is 4.76. The normalized spacial score (nSPS) is 10.5. The van der Waals surface area contributed by atoms with Crippen LogP contribution in [0.25, 0.3) is 5.82 Å². The van der Waals surface area contributed by atoms with E-state index in [1.807, 2.05) is 0 Å². The van der Waals surface area contributed by atoms with Gasteiger partial charge in [0, 0.05) is 0 Å². The van der Waals surface area contributed by atoms with Gasteiger partial charge in [0.25, 0.3) is 5.91 Å². The third-order valence-corrected chi connectivity index (χ3v) is 4.01. The Bertz CT molecular complexity index is 878. The molecular formula is C16H12Cl2N4O2. The Hall–Kier alpha value is -2.57. The number of rotatable bonds is 4. The molecule has 0 spiro atoms. The quantitative estimate of drug-likeness (QED) is 0.765. The van der Waals surface area contributed by atoms with Gasteiger partial charge in [0.2, 0.25) is 0 Å². The fourth-order valence-electron chi connectivity index (χ4n) is 2.10. The van der Waals surface area contributed by atoms with Crippen molar-refractivity contribution in [1.29, 1.82) is 0 Å². The third kappa shape index (κ3) is 3.20. The molecule has 0 aliphatic carbocycles. The number of nitrogens with zero attached hydrogens (tertiary/aromatic N) is 3. The second-order valence-corrected chi connectivity index (χ2v) is 5.47. The lowest BCUT2D eigenvalue weighted by molar-refractivity contribution is 0.102. The SMILES string of the molecule is COc1ccccc1C(=O)Nc1ccc(-n2cnc(Cl)c2Cl)nc1. The van der Waals surface area contributed by atoms with Gasteiger partial charge in [0.1, 0.15) is 17.9 Å². The van der Waals surface area contributed by atoms with E-state index < -0.39 is 0 Å². The van der Waals surface area contributed by atoms with E-state index in [0.29, 0.717) is 22.8 Å². The van der Waals surface area contributed by atoms with Crippen LogP contribution in [-0.4, -0.2) is 27.6 Å². The molecule has 0 atom stereocenters. The molecule has 3 aromatic rings. The Morgan fingerprint density at radius 1 is 1.17 bits per heavy atom. The predicted octanol–water partition coefficient (Wildman–Crippen LogP) is 3.84. The van der Waals surface area contributed by atoms with E-state index in [4.69, 9.17) is 27.9 Å². The number of halogens is 2. The average Bonchev–Trinajstić information content (AvgIpc) is 2.95. The van der Waals surface area contributed by atoms with Crippen LogP contribution in [0.3, 0.4) is 0 Å². The van der Waals surface area contributed by atoms with E-state index in [0.717, 1.165) is 0 Å². The number of carbonyl (C=O) groups excluding carboxylic acids is 1. The lowest BCUT2D eigenvalue weighted by Crippen LogP contribution is -2.13. The number of aromatic nitrogens is 3. The van der Waals surface area contributed by atoms with Crippen molar-refractivity contribution in [3.05, 3.63) is 64.8 Å². The molecular weight excluding hydrogens is 351 g/mol. The first-order valence-corrected chi connectivity index (χ1v) is 7.65. The first-order chi connectivity index (χ1) is 11.6. The van der Waals surface area contributed by atoms with Crippen LogP contribution in [0, 0.1) is 0 Å². The maximum absolute atomic E-state index is 12.3. The predicted molar refractivity (Wildman–Crippen MR) is 92.3 cm³/mol. The molecule has 0 saturated heterocycles. The number of pyridine rings is 1. The highest BCUT2D eigenvalue weighted by Crippen LogP contribution is 2.23. The molecule has 6 nitrogen and oxygen atoms in total. The monoisotopic (exact) mass is 362 g/mol. The number of anilines is 1. The molecule has 1 aromatic carbocycles. The van der Waals surface area contributed by atoms with E-state index in [-0.39, 0.29) is 16.2 Å². The molecule has 0 bridgehead atoms. The largest absolute Gasteiger partial charge is 0.496 e. The van der Waals surface area contributed by atoms with Gasteiger partial charge in [-0.05, 0) is 24.3 Å². The van der Waals surface area contributed by atoms with Gasteiger partial charge in [-0.3, -0.25) is 9.36 Å². The molecule has 0 aliphatic heterocycles. The molecule has 2 aromatic heterocycles. The van der Waals surface area contributed by atoms with Crippen molar-refractivity contribution in [2.45, 2.75) is 0 Å². The van der Waals surface area contributed by atoms with Crippen LogP contribution in [0.5, 0.6) is 5.75 Å². The van der Waals surface area contributed by atoms with Crippen LogP contribution < -0.4 is 10.1 Å². The van der Waals surface area contributed by atoms with Crippen LogP contribution in [0.15, 0.2) is 48.9 Å². The molecule has 122 valence electrons. The fraction of sp³-hybridized carbons (Fsp3) is 0.0625. The summed E-state index contributed by atoms with van der Waals surface area (Å²) in [6, 6.07) is 10.4. The Morgan fingerprint density at radius 3 is 2.58 bits per heavy atom. The van der Waals surface area contributed by atoms with Gasteiger partial charge in [-0.1, -0.05) is 35.3 Å². The van der Waals surface area contributed by atoms with Gasteiger partial charge >= 0.3 is 0 Å². The van der Waals surface area contributed by atoms with Gasteiger partial charge in [0.15, 0.2) is 10.3 Å². The molecule has 1 N–H and O–H groups in total. The summed E-state index contributed by atoms with van der Waals surface area (Å²) in [5.74, 6) is 0.750. The number of hydrogen-bond donors (Lipinski definition) is 1. The van der Waals surface area contributed by atoms with E-state index >= 15 is 0 Å². The smallest absolute Gasteiger partial charge is 0.259 e. The Kier molecular flexibility index (Phi) is 4.69. The zero-order chi connectivity index (χ0) is 17.1.